The number of likely N-dealkylation sites (tertiary alicyclic amines) is 1. The topological polar surface area (TPSA) is 358 Å². The molecule has 68 heavy (non-hydrogen) atoms. The first-order valence-electron chi connectivity index (χ1n) is 23.1. The number of nitrogens with one attached hydrogen (secondary N) is 6. The Labute approximate surface area is 403 Å². The van der Waals surface area contributed by atoms with E-state index in [1.807, 2.05) is 13.8 Å². The summed E-state index contributed by atoms with van der Waals surface area (Å²) in [6.07, 6.45) is 6.86. The Morgan fingerprint density at radius 3 is 2.18 bits per heavy atom. The molecule has 1 aromatic heterocycles. The van der Waals surface area contributed by atoms with Crippen LogP contribution < -0.4 is 38.1 Å². The normalized spacial score (nSPS) is 17.2. The summed E-state index contributed by atoms with van der Waals surface area (Å²) in [5.74, 6) is -4.57. The van der Waals surface area contributed by atoms with Crippen molar-refractivity contribution in [3.63, 3.8) is 0 Å². The Morgan fingerprint density at radius 2 is 1.54 bits per heavy atom. The fourth-order valence-electron chi connectivity index (χ4n) is 6.97. The highest BCUT2D eigenvalue weighted by Crippen LogP contribution is 2.45. The highest BCUT2D eigenvalue weighted by Gasteiger charge is 2.38. The molecule has 0 radical (unpaired) electrons. The van der Waals surface area contributed by atoms with Crippen LogP contribution in [0.2, 0.25) is 0 Å². The third kappa shape index (κ3) is 23.4. The molecule has 1 aromatic rings. The number of imidazole rings is 1. The van der Waals surface area contributed by atoms with Crippen LogP contribution in [0.4, 0.5) is 0 Å². The molecule has 1 fully saturated rings. The third-order valence-corrected chi connectivity index (χ3v) is 12.2. The van der Waals surface area contributed by atoms with E-state index in [4.69, 9.17) is 35.1 Å². The number of phosphoric ester groups is 1. The Balaban J connectivity index is 2.00. The largest absolute Gasteiger partial charge is 0.472 e. The number of amides is 7. The van der Waals surface area contributed by atoms with Crippen LogP contribution in [-0.2, 0) is 63.1 Å². The number of aliphatic hydroxyl groups excluding tert-OH is 1. The summed E-state index contributed by atoms with van der Waals surface area (Å²) in [6, 6.07) is -6.94. The predicted octanol–water partition coefficient (Wildman–Crippen LogP) is -0.915. The average molecular weight is 1010 g/mol. The lowest BCUT2D eigenvalue weighted by atomic mass is 10.0. The molecule has 0 spiro atoms. The molecule has 0 bridgehead atoms. The van der Waals surface area contributed by atoms with Gasteiger partial charge in [0, 0.05) is 43.8 Å². The number of ether oxygens (including phenoxy) is 2. The number of aromatic nitrogens is 2. The van der Waals surface area contributed by atoms with Crippen molar-refractivity contribution in [3.8, 4) is 0 Å². The van der Waals surface area contributed by atoms with E-state index < -0.39 is 79.7 Å². The Kier molecular flexibility index (Phi) is 28.7. The van der Waals surface area contributed by atoms with Crippen LogP contribution in [-0.4, -0.2) is 167 Å². The van der Waals surface area contributed by atoms with E-state index in [1.165, 1.54) is 31.3 Å². The van der Waals surface area contributed by atoms with Crippen molar-refractivity contribution in [2.24, 2.45) is 17.4 Å². The van der Waals surface area contributed by atoms with Crippen LogP contribution in [0.1, 0.15) is 97.6 Å². The van der Waals surface area contributed by atoms with Gasteiger partial charge in [-0.2, -0.15) is 12.6 Å². The van der Waals surface area contributed by atoms with E-state index in [0.29, 0.717) is 44.3 Å². The average Bonchev–Trinajstić information content (AvgIpc) is 4.00. The number of phosphoric acid groups is 1. The fraction of sp³-hybridized carbons (Fsp3) is 0.762. The molecule has 12 N–H and O–H groups in total. The van der Waals surface area contributed by atoms with Crippen molar-refractivity contribution < 1.29 is 66.6 Å². The van der Waals surface area contributed by atoms with Gasteiger partial charge in [0.1, 0.15) is 30.2 Å². The Morgan fingerprint density at radius 1 is 0.882 bits per heavy atom. The number of rotatable bonds is 36. The number of nitrogens with zero attached hydrogens (tertiary/aromatic N) is 2. The maximum Gasteiger partial charge on any atom is 0.472 e. The standard InChI is InChI=1S/C42H75N10O14PS/c1-27(2)22-32(50-42(60)34-12-11-15-52(34)35(54)13-18-63-20-21-64-19-14-46-39(57)31(43)25-68)41(59)49-33(23-30-24-45-26-47-30)40(58)48-28(3)38(56)51-36(37(44)55)29(4)66-67(61,62)65-17-10-8-6-5-7-9-16-53/h24,26-29,31-34,36,53,68H,5-23,25,43H2,1-4H3,(H2,44,55)(H,45,47)(H,46,57)(H,48,58)(H,49,59)(H,50,60)(H,51,56)(H,61,62)/t28-,29+,31-,32-,33-,34?,36-/m0/s1. The number of aliphatic hydroxyl groups is 1. The van der Waals surface area contributed by atoms with Crippen molar-refractivity contribution in [2.75, 3.05) is 58.5 Å². The van der Waals surface area contributed by atoms with Gasteiger partial charge in [0.15, 0.2) is 0 Å². The van der Waals surface area contributed by atoms with Crippen LogP contribution in [0, 0.1) is 5.92 Å². The molecule has 24 nitrogen and oxygen atoms in total. The van der Waals surface area contributed by atoms with Gasteiger partial charge in [0.2, 0.25) is 41.4 Å². The van der Waals surface area contributed by atoms with E-state index in [9.17, 15) is 43.0 Å². The predicted molar refractivity (Wildman–Crippen MR) is 251 cm³/mol. The van der Waals surface area contributed by atoms with Gasteiger partial charge in [0.05, 0.1) is 57.9 Å². The summed E-state index contributed by atoms with van der Waals surface area (Å²) in [7, 11) is -4.68. The third-order valence-electron chi connectivity index (χ3n) is 10.7. The molecule has 1 aliphatic rings. The number of hydrogen-bond donors (Lipinski definition) is 11. The molecular weight excluding hydrogens is 932 g/mol. The molecule has 1 aliphatic heterocycles. The van der Waals surface area contributed by atoms with Gasteiger partial charge in [-0.3, -0.25) is 42.6 Å². The first kappa shape index (κ1) is 59.9. The number of carbonyl (C=O) groups excluding carboxylic acids is 7. The molecule has 26 heteroatoms. The summed E-state index contributed by atoms with van der Waals surface area (Å²) < 4.78 is 33.8. The molecule has 7 amide bonds. The quantitative estimate of drug-likeness (QED) is 0.0220. The van der Waals surface area contributed by atoms with Gasteiger partial charge in [-0.1, -0.05) is 39.5 Å². The molecule has 2 heterocycles. The zero-order valence-corrected chi connectivity index (χ0v) is 41.4. The van der Waals surface area contributed by atoms with Crippen LogP contribution in [0.25, 0.3) is 0 Å². The minimum Gasteiger partial charge on any atom is -0.396 e. The number of thiol groups is 1. The van der Waals surface area contributed by atoms with Crippen LogP contribution in [0.5, 0.6) is 0 Å². The lowest BCUT2D eigenvalue weighted by Gasteiger charge is -2.28. The minimum atomic E-state index is -4.68. The van der Waals surface area contributed by atoms with Gasteiger partial charge in [0.25, 0.3) is 0 Å². The van der Waals surface area contributed by atoms with Crippen molar-refractivity contribution in [1.29, 1.82) is 0 Å². The first-order valence-corrected chi connectivity index (χ1v) is 25.3. The second-order valence-corrected chi connectivity index (χ2v) is 18.7. The molecule has 0 saturated carbocycles. The molecule has 388 valence electrons. The molecule has 0 aliphatic carbocycles. The number of hydrogen-bond acceptors (Lipinski definition) is 16. The van der Waals surface area contributed by atoms with Crippen molar-refractivity contribution in [1.82, 2.24) is 41.5 Å². The van der Waals surface area contributed by atoms with E-state index in [1.54, 1.807) is 0 Å². The van der Waals surface area contributed by atoms with E-state index >= 15 is 0 Å². The van der Waals surface area contributed by atoms with Gasteiger partial charge in [-0.25, -0.2) is 9.55 Å². The number of aromatic amines is 1. The van der Waals surface area contributed by atoms with Gasteiger partial charge in [-0.05, 0) is 51.9 Å². The number of H-pyrrole nitrogens is 1. The van der Waals surface area contributed by atoms with Crippen LogP contribution in [0.3, 0.4) is 0 Å². The van der Waals surface area contributed by atoms with Crippen molar-refractivity contribution >= 4 is 61.8 Å². The second-order valence-electron chi connectivity index (χ2n) is 16.9. The Hall–Kier alpha value is -4.20. The summed E-state index contributed by atoms with van der Waals surface area (Å²) >= 11 is 3.98. The van der Waals surface area contributed by atoms with E-state index in [2.05, 4.69) is 49.2 Å². The van der Waals surface area contributed by atoms with E-state index in [0.717, 1.165) is 19.3 Å². The van der Waals surface area contributed by atoms with Gasteiger partial charge < -0.3 is 67.4 Å². The lowest BCUT2D eigenvalue weighted by Crippen LogP contribution is -2.59. The summed E-state index contributed by atoms with van der Waals surface area (Å²) in [4.78, 5) is 111. The highest BCUT2D eigenvalue weighted by atomic mass is 32.1. The minimum absolute atomic E-state index is 0.00248. The molecule has 2 rings (SSSR count). The molecule has 8 atom stereocenters. The monoisotopic (exact) mass is 1010 g/mol. The van der Waals surface area contributed by atoms with Gasteiger partial charge >= 0.3 is 7.82 Å². The molecule has 0 aromatic carbocycles. The maximum absolute atomic E-state index is 13.9. The van der Waals surface area contributed by atoms with E-state index in [-0.39, 0.29) is 88.9 Å². The van der Waals surface area contributed by atoms with Crippen molar-refractivity contribution in [2.45, 2.75) is 141 Å². The zero-order valence-electron chi connectivity index (χ0n) is 39.7. The van der Waals surface area contributed by atoms with Gasteiger partial charge in [-0.15, -0.1) is 0 Å². The molecule has 2 unspecified atom stereocenters. The Bertz CT molecular complexity index is 1770. The zero-order chi connectivity index (χ0) is 50.6. The first-order chi connectivity index (χ1) is 32.3. The highest BCUT2D eigenvalue weighted by molar-refractivity contribution is 7.80. The number of primary amides is 1. The fourth-order valence-corrected chi connectivity index (χ4v) is 8.10. The summed E-state index contributed by atoms with van der Waals surface area (Å²) in [6.45, 7) is 7.61. The molecule has 1 saturated heterocycles. The smallest absolute Gasteiger partial charge is 0.396 e. The number of carbonyl (C=O) groups is 7. The van der Waals surface area contributed by atoms with Crippen LogP contribution >= 0.6 is 20.5 Å². The summed E-state index contributed by atoms with van der Waals surface area (Å²) in [5, 5.41) is 21.8. The molecular formula is C42H75N10O14PS. The summed E-state index contributed by atoms with van der Waals surface area (Å²) in [5.41, 5.74) is 11.6. The second kappa shape index (κ2) is 32.6. The van der Waals surface area contributed by atoms with Crippen LogP contribution in [0.15, 0.2) is 12.5 Å². The lowest BCUT2D eigenvalue weighted by molar-refractivity contribution is -0.140. The SMILES string of the molecule is CC(C)C[C@H](NC(=O)C1CCCN1C(=O)CCOCCOCCNC(=O)[C@@H](N)CS)C(=O)N[C@@H](Cc1cnc[nH]1)C(=O)N[C@@H](C)C(=O)N[C@H](C(N)=O)[C@@H](C)OP(=O)(O)OCCCCCCCCO. The van der Waals surface area contributed by atoms with Crippen molar-refractivity contribution in [3.05, 3.63) is 18.2 Å². The number of nitrogens with two attached hydrogens (primary N) is 2. The maximum atomic E-state index is 13.9. The number of unbranched alkanes of at least 4 members (excludes halogenated alkanes) is 5.